The summed E-state index contributed by atoms with van der Waals surface area (Å²) in [7, 11) is 1.85. The number of epoxide rings is 1. The van der Waals surface area contributed by atoms with E-state index in [0.29, 0.717) is 0 Å². The van der Waals surface area contributed by atoms with Crippen molar-refractivity contribution < 1.29 is 4.74 Å². The molecule has 1 aliphatic heterocycles. The molecule has 1 saturated heterocycles. The van der Waals surface area contributed by atoms with E-state index < -0.39 is 0 Å². The van der Waals surface area contributed by atoms with Gasteiger partial charge in [0.2, 0.25) is 0 Å². The zero-order valence-electron chi connectivity index (χ0n) is 5.11. The number of hydrogen-bond acceptors (Lipinski definition) is 3. The standard InChI is InChI=1S/C5H7N3O/c1-8-2-4(6-7-8)5-3-9-5/h2,5H,3H2,1H3/t5-/m0/s1. The third kappa shape index (κ3) is 0.810. The van der Waals surface area contributed by atoms with Crippen LogP contribution in [0.5, 0.6) is 0 Å². The Hall–Kier alpha value is -0.900. The van der Waals surface area contributed by atoms with Crippen LogP contribution in [0.3, 0.4) is 0 Å². The van der Waals surface area contributed by atoms with Gasteiger partial charge < -0.3 is 4.74 Å². The van der Waals surface area contributed by atoms with Crippen LogP contribution in [0.15, 0.2) is 6.20 Å². The second-order valence-corrected chi connectivity index (χ2v) is 2.14. The summed E-state index contributed by atoms with van der Waals surface area (Å²) in [5.74, 6) is 0. The zero-order chi connectivity index (χ0) is 6.27. The van der Waals surface area contributed by atoms with Gasteiger partial charge in [0.1, 0.15) is 11.8 Å². The Morgan fingerprint density at radius 2 is 2.67 bits per heavy atom. The normalized spacial score (nSPS) is 24.3. The predicted octanol–water partition coefficient (Wildman–Crippen LogP) is -0.114. The van der Waals surface area contributed by atoms with Gasteiger partial charge in [-0.15, -0.1) is 5.10 Å². The fourth-order valence-corrected chi connectivity index (χ4v) is 0.732. The van der Waals surface area contributed by atoms with Gasteiger partial charge in [-0.1, -0.05) is 5.21 Å². The maximum absolute atomic E-state index is 4.99. The number of ether oxygens (including phenoxy) is 1. The Balaban J connectivity index is 2.28. The van der Waals surface area contributed by atoms with Gasteiger partial charge in [-0.3, -0.25) is 4.68 Å². The van der Waals surface area contributed by atoms with Crippen LogP contribution in [0.25, 0.3) is 0 Å². The summed E-state index contributed by atoms with van der Waals surface area (Å²) in [5.41, 5.74) is 0.942. The van der Waals surface area contributed by atoms with Crippen molar-refractivity contribution in [2.45, 2.75) is 6.10 Å². The van der Waals surface area contributed by atoms with E-state index in [1.165, 1.54) is 0 Å². The molecule has 0 bridgehead atoms. The topological polar surface area (TPSA) is 43.2 Å². The Bertz CT molecular complexity index is 216. The van der Waals surface area contributed by atoms with Gasteiger partial charge in [-0.25, -0.2) is 0 Å². The first-order valence-electron chi connectivity index (χ1n) is 2.84. The van der Waals surface area contributed by atoms with Crippen molar-refractivity contribution in [3.05, 3.63) is 11.9 Å². The molecule has 1 aliphatic rings. The Morgan fingerprint density at radius 3 is 3.11 bits per heavy atom. The van der Waals surface area contributed by atoms with Gasteiger partial charge in [0, 0.05) is 7.05 Å². The van der Waals surface area contributed by atoms with Crippen LogP contribution in [0.1, 0.15) is 11.8 Å². The Labute approximate surface area is 52.4 Å². The van der Waals surface area contributed by atoms with E-state index in [-0.39, 0.29) is 6.10 Å². The van der Waals surface area contributed by atoms with Crippen LogP contribution in [0.2, 0.25) is 0 Å². The summed E-state index contributed by atoms with van der Waals surface area (Å²) in [6.45, 7) is 0.804. The molecule has 0 radical (unpaired) electrons. The number of nitrogens with zero attached hydrogens (tertiary/aromatic N) is 3. The minimum absolute atomic E-state index is 0.235. The maximum atomic E-state index is 4.99. The molecule has 2 rings (SSSR count). The smallest absolute Gasteiger partial charge is 0.126 e. The highest BCUT2D eigenvalue weighted by atomic mass is 16.6. The largest absolute Gasteiger partial charge is 0.366 e. The highest BCUT2D eigenvalue weighted by molar-refractivity contribution is 5.02. The lowest BCUT2D eigenvalue weighted by Crippen LogP contribution is -1.85. The van der Waals surface area contributed by atoms with Crippen LogP contribution in [-0.4, -0.2) is 21.6 Å². The minimum atomic E-state index is 0.235. The van der Waals surface area contributed by atoms with E-state index in [1.54, 1.807) is 4.68 Å². The SMILES string of the molecule is Cn1cc([C@@H]2CO2)nn1. The molecule has 2 heterocycles. The van der Waals surface area contributed by atoms with Gasteiger partial charge in [-0.05, 0) is 0 Å². The van der Waals surface area contributed by atoms with Crippen molar-refractivity contribution in [2.75, 3.05) is 6.61 Å². The number of aryl methyl sites for hydroxylation is 1. The van der Waals surface area contributed by atoms with E-state index in [4.69, 9.17) is 4.74 Å². The van der Waals surface area contributed by atoms with Crippen LogP contribution < -0.4 is 0 Å². The van der Waals surface area contributed by atoms with Crippen LogP contribution in [-0.2, 0) is 11.8 Å². The van der Waals surface area contributed by atoms with Crippen molar-refractivity contribution >= 4 is 0 Å². The van der Waals surface area contributed by atoms with E-state index in [0.717, 1.165) is 12.3 Å². The molecule has 0 unspecified atom stereocenters. The quantitative estimate of drug-likeness (QED) is 0.492. The van der Waals surface area contributed by atoms with Crippen molar-refractivity contribution in [3.63, 3.8) is 0 Å². The number of rotatable bonds is 1. The number of hydrogen-bond donors (Lipinski definition) is 0. The third-order valence-corrected chi connectivity index (χ3v) is 1.28. The lowest BCUT2D eigenvalue weighted by molar-refractivity contribution is 0.411. The summed E-state index contributed by atoms with van der Waals surface area (Å²) in [4.78, 5) is 0. The molecule has 0 N–H and O–H groups in total. The molecule has 0 aromatic carbocycles. The molecule has 1 fully saturated rings. The first-order valence-corrected chi connectivity index (χ1v) is 2.84. The van der Waals surface area contributed by atoms with E-state index in [2.05, 4.69) is 10.3 Å². The molecule has 4 nitrogen and oxygen atoms in total. The molecule has 1 aromatic heterocycles. The van der Waals surface area contributed by atoms with Crippen LogP contribution in [0, 0.1) is 0 Å². The summed E-state index contributed by atoms with van der Waals surface area (Å²) in [5, 5.41) is 7.63. The molecule has 1 atom stereocenters. The Kier molecular flexibility index (Phi) is 0.843. The van der Waals surface area contributed by atoms with E-state index in [9.17, 15) is 0 Å². The summed E-state index contributed by atoms with van der Waals surface area (Å²) in [6, 6.07) is 0. The van der Waals surface area contributed by atoms with Crippen LogP contribution in [0.4, 0.5) is 0 Å². The number of aromatic nitrogens is 3. The lowest BCUT2D eigenvalue weighted by Gasteiger charge is -1.78. The Morgan fingerprint density at radius 1 is 1.89 bits per heavy atom. The van der Waals surface area contributed by atoms with Gasteiger partial charge in [0.25, 0.3) is 0 Å². The fraction of sp³-hybridized carbons (Fsp3) is 0.600. The molecule has 0 saturated carbocycles. The second-order valence-electron chi connectivity index (χ2n) is 2.14. The molecule has 0 aliphatic carbocycles. The second kappa shape index (κ2) is 1.54. The minimum Gasteiger partial charge on any atom is -0.366 e. The summed E-state index contributed by atoms with van der Waals surface area (Å²) >= 11 is 0. The molecule has 0 spiro atoms. The molecule has 9 heavy (non-hydrogen) atoms. The average Bonchev–Trinajstić information content (AvgIpc) is 2.58. The van der Waals surface area contributed by atoms with Gasteiger partial charge in [0.05, 0.1) is 12.8 Å². The van der Waals surface area contributed by atoms with E-state index >= 15 is 0 Å². The molecular weight excluding hydrogens is 118 g/mol. The zero-order valence-corrected chi connectivity index (χ0v) is 5.11. The van der Waals surface area contributed by atoms with Gasteiger partial charge in [-0.2, -0.15) is 0 Å². The fourth-order valence-electron chi connectivity index (χ4n) is 0.732. The first kappa shape index (κ1) is 4.93. The van der Waals surface area contributed by atoms with Crippen LogP contribution >= 0.6 is 0 Å². The molecule has 1 aromatic rings. The first-order chi connectivity index (χ1) is 4.36. The highest BCUT2D eigenvalue weighted by Gasteiger charge is 2.27. The predicted molar refractivity (Wildman–Crippen MR) is 29.7 cm³/mol. The third-order valence-electron chi connectivity index (χ3n) is 1.28. The van der Waals surface area contributed by atoms with Crippen molar-refractivity contribution in [1.29, 1.82) is 0 Å². The molecule has 4 heteroatoms. The monoisotopic (exact) mass is 125 g/mol. The maximum Gasteiger partial charge on any atom is 0.126 e. The lowest BCUT2D eigenvalue weighted by atomic mass is 10.4. The molecular formula is C5H7N3O. The molecule has 0 amide bonds. The molecule has 48 valence electrons. The van der Waals surface area contributed by atoms with Gasteiger partial charge in [0.15, 0.2) is 0 Å². The summed E-state index contributed by atoms with van der Waals surface area (Å²) in [6.07, 6.45) is 2.11. The van der Waals surface area contributed by atoms with Gasteiger partial charge >= 0.3 is 0 Å². The highest BCUT2D eigenvalue weighted by Crippen LogP contribution is 2.26. The van der Waals surface area contributed by atoms with Crippen molar-refractivity contribution in [1.82, 2.24) is 15.0 Å². The van der Waals surface area contributed by atoms with E-state index in [1.807, 2.05) is 13.2 Å². The summed E-state index contributed by atoms with van der Waals surface area (Å²) < 4.78 is 6.67. The van der Waals surface area contributed by atoms with Crippen molar-refractivity contribution in [3.8, 4) is 0 Å². The van der Waals surface area contributed by atoms with Crippen molar-refractivity contribution in [2.24, 2.45) is 7.05 Å². The average molecular weight is 125 g/mol.